The maximum atomic E-state index is 14.8. The molecule has 2 atom stereocenters. The van der Waals surface area contributed by atoms with Crippen molar-refractivity contribution >= 4 is 34.5 Å². The summed E-state index contributed by atoms with van der Waals surface area (Å²) in [6, 6.07) is 8.83. The quantitative estimate of drug-likeness (QED) is 0.357. The number of rotatable bonds is 4. The van der Waals surface area contributed by atoms with Gasteiger partial charge in [0.15, 0.2) is 0 Å². The zero-order chi connectivity index (χ0) is 19.2. The van der Waals surface area contributed by atoms with Crippen LogP contribution in [0.2, 0.25) is 0 Å². The molecule has 0 spiro atoms. The summed E-state index contributed by atoms with van der Waals surface area (Å²) in [7, 11) is 0. The highest BCUT2D eigenvalue weighted by atomic mass is 127. The highest BCUT2D eigenvalue weighted by Gasteiger charge is 2.50. The van der Waals surface area contributed by atoms with Gasteiger partial charge in [-0.1, -0.05) is 59.3 Å². The van der Waals surface area contributed by atoms with E-state index in [0.29, 0.717) is 24.8 Å². The van der Waals surface area contributed by atoms with Gasteiger partial charge in [-0.25, -0.2) is 0 Å². The molecule has 0 amide bonds. The normalized spacial score (nSPS) is 26.6. The molecular weight excluding hydrogens is 457 g/mol. The lowest BCUT2D eigenvalue weighted by atomic mass is 9.85. The van der Waals surface area contributed by atoms with E-state index >= 15 is 0 Å². The van der Waals surface area contributed by atoms with Crippen LogP contribution in [-0.2, 0) is 25.5 Å². The van der Waals surface area contributed by atoms with Gasteiger partial charge < -0.3 is 9.47 Å². The Morgan fingerprint density at radius 3 is 2.65 bits per heavy atom. The zero-order valence-electron chi connectivity index (χ0n) is 14.7. The van der Waals surface area contributed by atoms with Crippen molar-refractivity contribution in [3.63, 3.8) is 0 Å². The smallest absolute Gasteiger partial charge is 0.403 e. The third-order valence-electron chi connectivity index (χ3n) is 4.47. The molecule has 26 heavy (non-hydrogen) atoms. The number of carbonyl (C=O) groups is 2. The Morgan fingerprint density at radius 2 is 2.00 bits per heavy atom. The second kappa shape index (κ2) is 9.10. The van der Waals surface area contributed by atoms with Crippen LogP contribution in [0.3, 0.4) is 0 Å². The van der Waals surface area contributed by atoms with Crippen molar-refractivity contribution in [2.45, 2.75) is 55.0 Å². The van der Waals surface area contributed by atoms with Gasteiger partial charge in [0.25, 0.3) is 0 Å². The number of benzene rings is 1. The lowest BCUT2D eigenvalue weighted by molar-refractivity contribution is -0.261. The highest BCUT2D eigenvalue weighted by Crippen LogP contribution is 2.42. The number of hydrogen-bond donors (Lipinski definition) is 0. The van der Waals surface area contributed by atoms with E-state index in [4.69, 9.17) is 4.74 Å². The number of ether oxygens (including phenoxy) is 2. The Bertz CT molecular complexity index is 623. The van der Waals surface area contributed by atoms with Gasteiger partial charge in [0.2, 0.25) is 0 Å². The molecule has 0 N–H and O–H groups in total. The maximum absolute atomic E-state index is 14.8. The van der Waals surface area contributed by atoms with Gasteiger partial charge in [0.1, 0.15) is 3.42 Å². The minimum atomic E-state index is -3.65. The summed E-state index contributed by atoms with van der Waals surface area (Å²) in [6.07, 6.45) is -2.48. The molecule has 0 aromatic heterocycles. The van der Waals surface area contributed by atoms with Gasteiger partial charge in [-0.2, -0.15) is 8.78 Å². The van der Waals surface area contributed by atoms with E-state index in [-0.39, 0.29) is 25.9 Å². The first-order chi connectivity index (χ1) is 12.3. The Balaban J connectivity index is 2.33. The lowest BCUT2D eigenvalue weighted by Crippen LogP contribution is -2.44. The van der Waals surface area contributed by atoms with Crippen molar-refractivity contribution in [2.24, 2.45) is 5.92 Å². The van der Waals surface area contributed by atoms with Crippen LogP contribution in [0, 0.1) is 5.92 Å². The fourth-order valence-electron chi connectivity index (χ4n) is 3.11. The van der Waals surface area contributed by atoms with Gasteiger partial charge in [0, 0.05) is 6.42 Å². The largest absolute Gasteiger partial charge is 0.465 e. The maximum Gasteiger partial charge on any atom is 0.403 e. The number of hydrogen-bond acceptors (Lipinski definition) is 4. The number of halogens is 3. The van der Waals surface area contributed by atoms with E-state index in [0.717, 1.165) is 0 Å². The molecular formula is C19H23F2IO4. The average Bonchev–Trinajstić information content (AvgIpc) is 2.58. The summed E-state index contributed by atoms with van der Waals surface area (Å²) in [5.41, 5.74) is 0.702. The molecule has 1 aromatic rings. The fourth-order valence-corrected chi connectivity index (χ4v) is 4.18. The molecule has 1 aromatic carbocycles. The topological polar surface area (TPSA) is 52.6 Å². The first-order valence-corrected chi connectivity index (χ1v) is 9.84. The van der Waals surface area contributed by atoms with E-state index in [1.807, 2.05) is 22.6 Å². The second-order valence-electron chi connectivity index (χ2n) is 6.52. The zero-order valence-corrected chi connectivity index (χ0v) is 16.8. The fraction of sp³-hybridized carbons (Fsp3) is 0.579. The molecule has 4 nitrogen and oxygen atoms in total. The predicted molar refractivity (Wildman–Crippen MR) is 101 cm³/mol. The second-order valence-corrected chi connectivity index (χ2v) is 8.58. The molecule has 1 fully saturated rings. The molecule has 1 heterocycles. The number of alkyl halides is 3. The number of carbonyl (C=O) groups excluding carboxylic acids is 2. The van der Waals surface area contributed by atoms with Crippen molar-refractivity contribution in [1.29, 1.82) is 0 Å². The van der Waals surface area contributed by atoms with E-state index < -0.39 is 27.4 Å². The number of cyclic esters (lactones) is 1. The summed E-state index contributed by atoms with van der Waals surface area (Å²) in [5, 5.41) is 0. The van der Waals surface area contributed by atoms with Crippen LogP contribution in [0.5, 0.6) is 0 Å². The lowest BCUT2D eigenvalue weighted by Gasteiger charge is -2.34. The molecule has 0 aliphatic carbocycles. The minimum Gasteiger partial charge on any atom is -0.465 e. The van der Waals surface area contributed by atoms with Crippen molar-refractivity contribution in [2.75, 3.05) is 6.61 Å². The monoisotopic (exact) mass is 480 g/mol. The SMILES string of the molecule is CCOC(=O)C1(I)CCCCC(=O)OC(F)(F)C(Cc2ccccc2)C1. The van der Waals surface area contributed by atoms with Crippen LogP contribution in [-0.4, -0.2) is 28.1 Å². The van der Waals surface area contributed by atoms with Gasteiger partial charge in [-0.05, 0) is 38.2 Å². The van der Waals surface area contributed by atoms with Crippen LogP contribution in [0.1, 0.15) is 44.6 Å². The Hall–Kier alpha value is -1.25. The van der Waals surface area contributed by atoms with Crippen molar-refractivity contribution in [1.82, 2.24) is 0 Å². The predicted octanol–water partition coefficient (Wildman–Crippen LogP) is 4.68. The molecule has 2 rings (SSSR count). The van der Waals surface area contributed by atoms with Crippen molar-refractivity contribution in [3.05, 3.63) is 35.9 Å². The van der Waals surface area contributed by atoms with E-state index in [1.54, 1.807) is 37.3 Å². The summed E-state index contributed by atoms with van der Waals surface area (Å²) in [4.78, 5) is 24.2. The van der Waals surface area contributed by atoms with E-state index in [9.17, 15) is 18.4 Å². The van der Waals surface area contributed by atoms with Crippen LogP contribution in [0.4, 0.5) is 8.78 Å². The Labute approximate surface area is 165 Å². The van der Waals surface area contributed by atoms with Gasteiger partial charge in [-0.15, -0.1) is 0 Å². The third kappa shape index (κ3) is 5.62. The molecule has 1 aliphatic heterocycles. The first-order valence-electron chi connectivity index (χ1n) is 8.76. The summed E-state index contributed by atoms with van der Waals surface area (Å²) in [5.74, 6) is -2.69. The van der Waals surface area contributed by atoms with Gasteiger partial charge in [0.05, 0.1) is 12.5 Å². The van der Waals surface area contributed by atoms with Crippen LogP contribution in [0.25, 0.3) is 0 Å². The third-order valence-corrected chi connectivity index (χ3v) is 5.89. The molecule has 144 valence electrons. The van der Waals surface area contributed by atoms with Crippen LogP contribution in [0.15, 0.2) is 30.3 Å². The molecule has 0 bridgehead atoms. The molecule has 1 saturated heterocycles. The minimum absolute atomic E-state index is 0.00523. The highest BCUT2D eigenvalue weighted by molar-refractivity contribution is 14.1. The van der Waals surface area contributed by atoms with Crippen molar-refractivity contribution < 1.29 is 27.8 Å². The standard InChI is InChI=1S/C19H23F2IO4/c1-2-25-17(24)18(22)11-7-6-10-16(23)26-19(20,21)15(13-18)12-14-8-4-3-5-9-14/h3-5,8-9,15H,2,6-7,10-13H2,1H3. The average molecular weight is 480 g/mol. The Morgan fingerprint density at radius 1 is 1.31 bits per heavy atom. The first kappa shape index (κ1) is 21.1. The molecule has 1 aliphatic rings. The van der Waals surface area contributed by atoms with E-state index in [1.165, 1.54) is 0 Å². The Kier molecular flexibility index (Phi) is 7.37. The van der Waals surface area contributed by atoms with Crippen LogP contribution >= 0.6 is 22.6 Å². The number of esters is 2. The van der Waals surface area contributed by atoms with Gasteiger partial charge in [-0.3, -0.25) is 9.59 Å². The van der Waals surface area contributed by atoms with Crippen LogP contribution < -0.4 is 0 Å². The summed E-state index contributed by atoms with van der Waals surface area (Å²) >= 11 is 1.94. The molecule has 0 radical (unpaired) electrons. The van der Waals surface area contributed by atoms with E-state index in [2.05, 4.69) is 4.74 Å². The molecule has 0 saturated carbocycles. The van der Waals surface area contributed by atoms with Crippen molar-refractivity contribution in [3.8, 4) is 0 Å². The summed E-state index contributed by atoms with van der Waals surface area (Å²) < 4.78 is 38.1. The van der Waals surface area contributed by atoms with Gasteiger partial charge >= 0.3 is 18.0 Å². The summed E-state index contributed by atoms with van der Waals surface area (Å²) in [6.45, 7) is 1.88. The molecule has 7 heteroatoms. The molecule has 2 unspecified atom stereocenters.